The van der Waals surface area contributed by atoms with Crippen molar-refractivity contribution < 1.29 is 17.9 Å². The van der Waals surface area contributed by atoms with Crippen molar-refractivity contribution in [2.75, 3.05) is 6.61 Å². The number of hydrogen-bond acceptors (Lipinski definition) is 4. The van der Waals surface area contributed by atoms with Crippen molar-refractivity contribution in [2.45, 2.75) is 67.5 Å². The molecule has 2 aromatic rings. The molecule has 1 aliphatic carbocycles. The average Bonchev–Trinajstić information content (AvgIpc) is 3.21. The van der Waals surface area contributed by atoms with Crippen LogP contribution in [0.4, 0.5) is 0 Å². The van der Waals surface area contributed by atoms with Crippen molar-refractivity contribution in [1.29, 1.82) is 0 Å². The highest BCUT2D eigenvalue weighted by Crippen LogP contribution is 2.39. The maximum absolute atomic E-state index is 13.4. The SMILES string of the molecule is O=S(=O)(c1ccccc1)[C@H]1C[C@@H](COCc2ccccc2)O[C@@H]1C1CCCCC1. The van der Waals surface area contributed by atoms with Gasteiger partial charge < -0.3 is 9.47 Å². The second-order valence-electron chi connectivity index (χ2n) is 8.25. The minimum absolute atomic E-state index is 0.172. The lowest BCUT2D eigenvalue weighted by Gasteiger charge is -2.30. The van der Waals surface area contributed by atoms with E-state index in [0.717, 1.165) is 31.2 Å². The lowest BCUT2D eigenvalue weighted by Crippen LogP contribution is -2.37. The number of sulfone groups is 1. The molecule has 29 heavy (non-hydrogen) atoms. The van der Waals surface area contributed by atoms with E-state index < -0.39 is 15.1 Å². The third-order valence-electron chi connectivity index (χ3n) is 6.21. The molecule has 1 saturated carbocycles. The van der Waals surface area contributed by atoms with Crippen molar-refractivity contribution in [3.8, 4) is 0 Å². The van der Waals surface area contributed by atoms with Crippen molar-refractivity contribution in [1.82, 2.24) is 0 Å². The minimum Gasteiger partial charge on any atom is -0.374 e. The van der Waals surface area contributed by atoms with Crippen molar-refractivity contribution >= 4 is 9.84 Å². The Balaban J connectivity index is 1.47. The van der Waals surface area contributed by atoms with Gasteiger partial charge in [0.2, 0.25) is 0 Å². The van der Waals surface area contributed by atoms with E-state index >= 15 is 0 Å². The summed E-state index contributed by atoms with van der Waals surface area (Å²) in [5, 5.41) is -0.488. The Morgan fingerprint density at radius 3 is 2.24 bits per heavy atom. The molecule has 1 saturated heterocycles. The fourth-order valence-corrected chi connectivity index (χ4v) is 6.71. The van der Waals surface area contributed by atoms with Crippen LogP contribution >= 0.6 is 0 Å². The quantitative estimate of drug-likeness (QED) is 0.654. The smallest absolute Gasteiger partial charge is 0.183 e. The molecule has 3 atom stereocenters. The van der Waals surface area contributed by atoms with Gasteiger partial charge >= 0.3 is 0 Å². The maximum atomic E-state index is 13.4. The molecule has 0 spiro atoms. The zero-order valence-electron chi connectivity index (χ0n) is 16.8. The van der Waals surface area contributed by atoms with Crippen LogP contribution in [-0.4, -0.2) is 32.5 Å². The highest BCUT2D eigenvalue weighted by molar-refractivity contribution is 7.92. The number of rotatable bonds is 7. The van der Waals surface area contributed by atoms with Gasteiger partial charge in [0.05, 0.1) is 35.6 Å². The first kappa shape index (κ1) is 20.6. The lowest BCUT2D eigenvalue weighted by atomic mass is 9.84. The molecule has 1 heterocycles. The van der Waals surface area contributed by atoms with E-state index in [1.807, 2.05) is 36.4 Å². The molecule has 4 nitrogen and oxygen atoms in total. The van der Waals surface area contributed by atoms with Gasteiger partial charge in [0.25, 0.3) is 0 Å². The van der Waals surface area contributed by atoms with Crippen LogP contribution < -0.4 is 0 Å². The number of benzene rings is 2. The molecule has 0 aromatic heterocycles. The second-order valence-corrected chi connectivity index (χ2v) is 10.4. The Hall–Kier alpha value is -1.69. The first-order chi connectivity index (χ1) is 14.1. The van der Waals surface area contributed by atoms with Crippen molar-refractivity contribution in [3.63, 3.8) is 0 Å². The summed E-state index contributed by atoms with van der Waals surface area (Å²) in [5.74, 6) is 0.325. The maximum Gasteiger partial charge on any atom is 0.183 e. The van der Waals surface area contributed by atoms with Crippen LogP contribution in [-0.2, 0) is 25.9 Å². The lowest BCUT2D eigenvalue weighted by molar-refractivity contribution is -0.0424. The molecule has 0 amide bonds. The molecule has 1 aliphatic heterocycles. The van der Waals surface area contributed by atoms with Crippen LogP contribution in [0.1, 0.15) is 44.1 Å². The molecule has 2 aromatic carbocycles. The summed E-state index contributed by atoms with van der Waals surface area (Å²) >= 11 is 0. The van der Waals surface area contributed by atoms with Crippen molar-refractivity contribution in [2.24, 2.45) is 5.92 Å². The predicted molar refractivity (Wildman–Crippen MR) is 113 cm³/mol. The third-order valence-corrected chi connectivity index (χ3v) is 8.40. The Kier molecular flexibility index (Phi) is 6.68. The highest BCUT2D eigenvalue weighted by Gasteiger charge is 2.47. The standard InChI is InChI=1S/C24H30O4S/c25-29(26,22-14-8-3-9-15-22)23-16-21(18-27-17-19-10-4-1-5-11-19)28-24(23)20-12-6-2-7-13-20/h1,3-5,8-11,14-15,20-21,23-24H,2,6-7,12-13,16-18H2/t21-,23-,24+/m0/s1. The summed E-state index contributed by atoms with van der Waals surface area (Å²) in [5.41, 5.74) is 1.11. The Morgan fingerprint density at radius 1 is 0.897 bits per heavy atom. The van der Waals surface area contributed by atoms with Gasteiger partial charge in [-0.25, -0.2) is 8.42 Å². The molecular weight excluding hydrogens is 384 g/mol. The molecule has 0 radical (unpaired) electrons. The topological polar surface area (TPSA) is 52.6 Å². The second kappa shape index (κ2) is 9.41. The van der Waals surface area contributed by atoms with E-state index in [2.05, 4.69) is 0 Å². The Bertz CT molecular complexity index is 860. The van der Waals surface area contributed by atoms with Crippen LogP contribution in [0.2, 0.25) is 0 Å². The Morgan fingerprint density at radius 2 is 1.55 bits per heavy atom. The van der Waals surface area contributed by atoms with E-state index in [9.17, 15) is 8.42 Å². The Labute approximate surface area is 174 Å². The summed E-state index contributed by atoms with van der Waals surface area (Å²) in [6.45, 7) is 0.948. The zero-order chi connectivity index (χ0) is 20.1. The summed E-state index contributed by atoms with van der Waals surface area (Å²) in [4.78, 5) is 0.403. The summed E-state index contributed by atoms with van der Waals surface area (Å²) in [6, 6.07) is 18.9. The van der Waals surface area contributed by atoms with Crippen molar-refractivity contribution in [3.05, 3.63) is 66.2 Å². The fraction of sp³-hybridized carbons (Fsp3) is 0.500. The molecular formula is C24H30O4S. The van der Waals surface area contributed by atoms with Gasteiger partial charge in [-0.05, 0) is 42.9 Å². The van der Waals surface area contributed by atoms with E-state index in [4.69, 9.17) is 9.47 Å². The predicted octanol–water partition coefficient (Wildman–Crippen LogP) is 4.78. The fourth-order valence-electron chi connectivity index (χ4n) is 4.71. The highest BCUT2D eigenvalue weighted by atomic mass is 32.2. The normalized spacial score (nSPS) is 25.9. The van der Waals surface area contributed by atoms with E-state index in [0.29, 0.717) is 30.4 Å². The van der Waals surface area contributed by atoms with E-state index in [-0.39, 0.29) is 12.2 Å². The van der Waals surface area contributed by atoms with Crippen LogP contribution in [0.25, 0.3) is 0 Å². The van der Waals surface area contributed by atoms with Gasteiger partial charge in [-0.15, -0.1) is 0 Å². The average molecular weight is 415 g/mol. The zero-order valence-corrected chi connectivity index (χ0v) is 17.6. The monoisotopic (exact) mass is 414 g/mol. The molecule has 4 rings (SSSR count). The summed E-state index contributed by atoms with van der Waals surface area (Å²) < 4.78 is 39.1. The van der Waals surface area contributed by atoms with E-state index in [1.54, 1.807) is 24.3 Å². The van der Waals surface area contributed by atoms with E-state index in [1.165, 1.54) is 6.42 Å². The molecule has 2 fully saturated rings. The van der Waals surface area contributed by atoms with Crippen LogP contribution in [0.3, 0.4) is 0 Å². The first-order valence-electron chi connectivity index (χ1n) is 10.7. The molecule has 0 N–H and O–H groups in total. The molecule has 0 unspecified atom stereocenters. The first-order valence-corrected chi connectivity index (χ1v) is 12.3. The molecule has 2 aliphatic rings. The molecule has 5 heteroatoms. The third kappa shape index (κ3) is 4.90. The van der Waals surface area contributed by atoms with Gasteiger partial charge in [-0.1, -0.05) is 67.8 Å². The summed E-state index contributed by atoms with van der Waals surface area (Å²) in [7, 11) is -3.43. The van der Waals surface area contributed by atoms with Gasteiger partial charge in [-0.3, -0.25) is 0 Å². The number of ether oxygens (including phenoxy) is 2. The van der Waals surface area contributed by atoms with Gasteiger partial charge in [0.1, 0.15) is 0 Å². The molecule has 156 valence electrons. The number of hydrogen-bond donors (Lipinski definition) is 0. The van der Waals surface area contributed by atoms with Crippen LogP contribution in [0.5, 0.6) is 0 Å². The van der Waals surface area contributed by atoms with Gasteiger partial charge in [0, 0.05) is 0 Å². The molecule has 0 bridgehead atoms. The van der Waals surface area contributed by atoms with Crippen LogP contribution in [0, 0.1) is 5.92 Å². The van der Waals surface area contributed by atoms with Gasteiger partial charge in [-0.2, -0.15) is 0 Å². The largest absolute Gasteiger partial charge is 0.374 e. The van der Waals surface area contributed by atoms with Crippen LogP contribution in [0.15, 0.2) is 65.6 Å². The minimum atomic E-state index is -3.43. The van der Waals surface area contributed by atoms with Gasteiger partial charge in [0.15, 0.2) is 9.84 Å². The summed E-state index contributed by atoms with van der Waals surface area (Å²) in [6.07, 6.45) is 5.79.